The highest BCUT2D eigenvalue weighted by Gasteiger charge is 2.37. The van der Waals surface area contributed by atoms with E-state index in [4.69, 9.17) is 15.1 Å². The summed E-state index contributed by atoms with van der Waals surface area (Å²) < 4.78 is 5.35. The number of aromatic nitrogens is 3. The van der Waals surface area contributed by atoms with Gasteiger partial charge in [-0.2, -0.15) is 0 Å². The lowest BCUT2D eigenvalue weighted by Gasteiger charge is -2.51. The van der Waals surface area contributed by atoms with Crippen molar-refractivity contribution in [2.24, 2.45) is 0 Å². The van der Waals surface area contributed by atoms with E-state index in [0.717, 1.165) is 62.4 Å². The fourth-order valence-corrected chi connectivity index (χ4v) is 5.80. The summed E-state index contributed by atoms with van der Waals surface area (Å²) in [5, 5.41) is 7.70. The Balaban J connectivity index is 1.24. The molecule has 2 N–H and O–H groups in total. The Hall–Kier alpha value is -3.46. The van der Waals surface area contributed by atoms with Gasteiger partial charge in [-0.3, -0.25) is 9.69 Å². The van der Waals surface area contributed by atoms with Crippen LogP contribution in [-0.2, 0) is 0 Å². The Kier molecular flexibility index (Phi) is 7.15. The van der Waals surface area contributed by atoms with Crippen LogP contribution in [0.3, 0.4) is 0 Å². The van der Waals surface area contributed by atoms with Crippen LogP contribution in [0.2, 0.25) is 0 Å². The lowest BCUT2D eigenvalue weighted by atomic mass is 9.95. The molecule has 1 amide bonds. The van der Waals surface area contributed by atoms with Gasteiger partial charge in [-0.25, -0.2) is 4.98 Å². The van der Waals surface area contributed by atoms with Gasteiger partial charge in [0.1, 0.15) is 5.69 Å². The Morgan fingerprint density at radius 2 is 1.78 bits per heavy atom. The number of benzene rings is 1. The number of aryl methyl sites for hydroxylation is 2. The topological polar surface area (TPSA) is 105 Å². The number of likely N-dealkylation sites (tertiary alicyclic amines) is 1. The summed E-state index contributed by atoms with van der Waals surface area (Å²) in [6, 6.07) is 13.3. The summed E-state index contributed by atoms with van der Waals surface area (Å²) in [6.07, 6.45) is 3.12. The fourth-order valence-electron chi connectivity index (χ4n) is 5.80. The number of hydrogen-bond donors (Lipinski definition) is 1. The summed E-state index contributed by atoms with van der Waals surface area (Å²) >= 11 is 0. The van der Waals surface area contributed by atoms with Gasteiger partial charge in [0.25, 0.3) is 11.8 Å². The van der Waals surface area contributed by atoms with Crippen LogP contribution >= 0.6 is 0 Å². The van der Waals surface area contributed by atoms with Crippen molar-refractivity contribution < 1.29 is 9.21 Å². The van der Waals surface area contributed by atoms with Crippen molar-refractivity contribution in [3.05, 3.63) is 53.2 Å². The summed E-state index contributed by atoms with van der Waals surface area (Å²) in [7, 11) is 0. The molecule has 5 rings (SSSR count). The monoisotopic (exact) mass is 503 g/mol. The number of nitrogens with two attached hydrogens (primary N) is 1. The fraction of sp³-hybridized carbons (Fsp3) is 0.500. The second-order valence-corrected chi connectivity index (χ2v) is 10.4. The van der Waals surface area contributed by atoms with Crippen LogP contribution in [0.15, 0.2) is 40.8 Å². The standard InChI is InChI=1S/C28H37N7O2/c1-5-22-17-34(25-11-10-24(30-20(25)4)26-31-32-28(29)37-26)19(3)16-35(22)23-12-14-33(15-13-23)27(36)21-8-6-18(2)7-9-21/h6-11,19,22-23H,5,12-17H2,1-4H3,(H2,29,32)/t19-,22+/m1/s1. The molecule has 9 nitrogen and oxygen atoms in total. The van der Waals surface area contributed by atoms with Crippen molar-refractivity contribution in [1.82, 2.24) is 25.0 Å². The summed E-state index contributed by atoms with van der Waals surface area (Å²) in [5.74, 6) is 0.488. The van der Waals surface area contributed by atoms with Gasteiger partial charge in [-0.05, 0) is 64.3 Å². The van der Waals surface area contributed by atoms with E-state index < -0.39 is 0 Å². The highest BCUT2D eigenvalue weighted by molar-refractivity contribution is 5.94. The van der Waals surface area contributed by atoms with E-state index in [-0.39, 0.29) is 11.9 Å². The molecule has 0 radical (unpaired) electrons. The number of nitrogens with zero attached hydrogens (tertiary/aromatic N) is 6. The van der Waals surface area contributed by atoms with Gasteiger partial charge in [0, 0.05) is 49.9 Å². The molecule has 0 aliphatic carbocycles. The highest BCUT2D eigenvalue weighted by Crippen LogP contribution is 2.31. The van der Waals surface area contributed by atoms with Crippen molar-refractivity contribution in [2.45, 2.75) is 65.1 Å². The maximum absolute atomic E-state index is 13.0. The Bertz CT molecular complexity index is 1230. The van der Waals surface area contributed by atoms with Gasteiger partial charge < -0.3 is 20.0 Å². The van der Waals surface area contributed by atoms with E-state index in [0.29, 0.717) is 29.7 Å². The summed E-state index contributed by atoms with van der Waals surface area (Å²) in [6.45, 7) is 12.2. The molecule has 3 aromatic rings. The molecule has 0 bridgehead atoms. The Morgan fingerprint density at radius 3 is 2.41 bits per heavy atom. The first-order valence-electron chi connectivity index (χ1n) is 13.3. The molecule has 0 saturated carbocycles. The van der Waals surface area contributed by atoms with Gasteiger partial charge >= 0.3 is 6.01 Å². The number of amides is 1. The highest BCUT2D eigenvalue weighted by atomic mass is 16.4. The predicted octanol–water partition coefficient (Wildman–Crippen LogP) is 3.92. The summed E-state index contributed by atoms with van der Waals surface area (Å²) in [5.41, 5.74) is 10.3. The van der Waals surface area contributed by atoms with E-state index in [1.165, 1.54) is 5.56 Å². The molecule has 4 heterocycles. The zero-order chi connectivity index (χ0) is 26.1. The molecule has 1 aromatic carbocycles. The molecule has 2 atom stereocenters. The molecule has 2 aliphatic rings. The first-order chi connectivity index (χ1) is 17.8. The van der Waals surface area contributed by atoms with Gasteiger partial charge in [-0.1, -0.05) is 29.7 Å². The van der Waals surface area contributed by atoms with E-state index in [1.807, 2.05) is 49.1 Å². The normalized spacial score (nSPS) is 21.4. The van der Waals surface area contributed by atoms with Crippen LogP contribution in [0.25, 0.3) is 11.6 Å². The second kappa shape index (κ2) is 10.5. The summed E-state index contributed by atoms with van der Waals surface area (Å²) in [4.78, 5) is 24.9. The molecule has 2 fully saturated rings. The third-order valence-corrected chi connectivity index (χ3v) is 7.90. The predicted molar refractivity (Wildman–Crippen MR) is 144 cm³/mol. The quantitative estimate of drug-likeness (QED) is 0.559. The molecule has 2 aliphatic heterocycles. The van der Waals surface area contributed by atoms with Gasteiger partial charge in [-0.15, -0.1) is 5.10 Å². The lowest BCUT2D eigenvalue weighted by Crippen LogP contribution is -2.61. The number of piperidine rings is 1. The molecule has 37 heavy (non-hydrogen) atoms. The zero-order valence-electron chi connectivity index (χ0n) is 22.2. The minimum atomic E-state index is 0.0411. The van der Waals surface area contributed by atoms with E-state index in [1.54, 1.807) is 0 Å². The van der Waals surface area contributed by atoms with Crippen molar-refractivity contribution in [1.29, 1.82) is 0 Å². The van der Waals surface area contributed by atoms with Crippen LogP contribution in [0.4, 0.5) is 11.7 Å². The number of carbonyl (C=O) groups excluding carboxylic acids is 1. The van der Waals surface area contributed by atoms with Gasteiger partial charge in [0.05, 0.1) is 11.4 Å². The number of hydrogen-bond acceptors (Lipinski definition) is 8. The van der Waals surface area contributed by atoms with Crippen LogP contribution in [0, 0.1) is 13.8 Å². The van der Waals surface area contributed by atoms with Crippen molar-refractivity contribution in [3.8, 4) is 11.6 Å². The number of anilines is 2. The molecule has 0 unspecified atom stereocenters. The minimum absolute atomic E-state index is 0.0411. The van der Waals surface area contributed by atoms with E-state index in [9.17, 15) is 4.79 Å². The number of pyridine rings is 1. The largest absolute Gasteiger partial charge is 0.402 e. The van der Waals surface area contributed by atoms with E-state index in [2.05, 4.69) is 39.9 Å². The van der Waals surface area contributed by atoms with Crippen LogP contribution < -0.4 is 10.6 Å². The average molecular weight is 504 g/mol. The van der Waals surface area contributed by atoms with Crippen molar-refractivity contribution in [2.75, 3.05) is 36.8 Å². The van der Waals surface area contributed by atoms with Gasteiger partial charge in [0.2, 0.25) is 0 Å². The smallest absolute Gasteiger partial charge is 0.313 e. The number of carbonyl (C=O) groups is 1. The van der Waals surface area contributed by atoms with Crippen molar-refractivity contribution in [3.63, 3.8) is 0 Å². The maximum atomic E-state index is 13.0. The average Bonchev–Trinajstić information content (AvgIpc) is 3.35. The van der Waals surface area contributed by atoms with Gasteiger partial charge in [0.15, 0.2) is 0 Å². The first-order valence-corrected chi connectivity index (χ1v) is 13.3. The van der Waals surface area contributed by atoms with Crippen LogP contribution in [-0.4, -0.2) is 75.2 Å². The number of nitrogen functional groups attached to an aromatic ring is 1. The zero-order valence-corrected chi connectivity index (χ0v) is 22.2. The van der Waals surface area contributed by atoms with Crippen molar-refractivity contribution >= 4 is 17.6 Å². The third kappa shape index (κ3) is 5.18. The Morgan fingerprint density at radius 1 is 1.05 bits per heavy atom. The lowest BCUT2D eigenvalue weighted by molar-refractivity contribution is 0.0436. The molecule has 2 aromatic heterocycles. The minimum Gasteiger partial charge on any atom is -0.402 e. The molecule has 2 saturated heterocycles. The molecule has 0 spiro atoms. The first kappa shape index (κ1) is 25.2. The molecular formula is C28H37N7O2. The Labute approximate surface area is 218 Å². The van der Waals surface area contributed by atoms with Crippen LogP contribution in [0.5, 0.6) is 0 Å². The molecular weight excluding hydrogens is 466 g/mol. The second-order valence-electron chi connectivity index (χ2n) is 10.4. The SMILES string of the molecule is CC[C@H]1CN(c2ccc(-c3nnc(N)o3)nc2C)[C@H](C)CN1C1CCN(C(=O)c2ccc(C)cc2)CC1. The van der Waals surface area contributed by atoms with E-state index >= 15 is 0 Å². The molecule has 9 heteroatoms. The molecule has 196 valence electrons. The third-order valence-electron chi connectivity index (χ3n) is 7.90. The van der Waals surface area contributed by atoms with Crippen LogP contribution in [0.1, 0.15) is 54.7 Å². The maximum Gasteiger partial charge on any atom is 0.313 e. The number of piperazine rings is 1. The number of rotatable bonds is 5.